The summed E-state index contributed by atoms with van der Waals surface area (Å²) < 4.78 is 6.72. The fraction of sp³-hybridized carbons (Fsp3) is 0.263. The fourth-order valence-electron chi connectivity index (χ4n) is 3.00. The molecule has 2 heterocycles. The van der Waals surface area contributed by atoms with Crippen molar-refractivity contribution in [1.29, 1.82) is 0 Å². The summed E-state index contributed by atoms with van der Waals surface area (Å²) in [4.78, 5) is 19.5. The number of ether oxygens (including phenoxy) is 1. The second kappa shape index (κ2) is 7.12. The lowest BCUT2D eigenvalue weighted by molar-refractivity contribution is 0.0917. The highest BCUT2D eigenvalue weighted by Crippen LogP contribution is 2.34. The predicted octanol–water partition coefficient (Wildman–Crippen LogP) is 4.78. The average molecular weight is 373 g/mol. The zero-order valence-corrected chi connectivity index (χ0v) is 15.1. The molecule has 1 aliphatic heterocycles. The summed E-state index contributed by atoms with van der Waals surface area (Å²) in [5, 5.41) is 1.26. The van der Waals surface area contributed by atoms with Gasteiger partial charge in [-0.1, -0.05) is 47.2 Å². The van der Waals surface area contributed by atoms with Gasteiger partial charge in [-0.25, -0.2) is 4.98 Å². The van der Waals surface area contributed by atoms with E-state index in [1.165, 1.54) is 11.3 Å². The first-order valence-corrected chi connectivity index (χ1v) is 9.45. The van der Waals surface area contributed by atoms with Crippen molar-refractivity contribution in [3.05, 3.63) is 59.1 Å². The number of carbonyl (C=O) groups excluding carboxylic acids is 1. The van der Waals surface area contributed by atoms with Crippen molar-refractivity contribution in [1.82, 2.24) is 4.98 Å². The number of hydrogen-bond donors (Lipinski definition) is 0. The highest BCUT2D eigenvalue weighted by Gasteiger charge is 2.27. The van der Waals surface area contributed by atoms with Crippen LogP contribution in [0.15, 0.2) is 48.5 Å². The van der Waals surface area contributed by atoms with Gasteiger partial charge in [0.1, 0.15) is 5.52 Å². The molecule has 0 saturated carbocycles. The summed E-state index contributed by atoms with van der Waals surface area (Å²) in [6.07, 6.45) is 2.05. The number of halogens is 1. The molecule has 128 valence electrons. The van der Waals surface area contributed by atoms with E-state index in [1.807, 2.05) is 48.5 Å². The quantitative estimate of drug-likeness (QED) is 0.662. The SMILES string of the molecule is O=C(c1ccccc1)N(CC1CCCO1)c1nc2c(Cl)cccc2s1. The number of thiazole rings is 1. The Balaban J connectivity index is 1.72. The van der Waals surface area contributed by atoms with Crippen LogP contribution in [0, 0.1) is 0 Å². The van der Waals surface area contributed by atoms with Gasteiger partial charge in [-0.2, -0.15) is 0 Å². The average Bonchev–Trinajstić information content (AvgIpc) is 3.30. The Kier molecular flexibility index (Phi) is 4.70. The van der Waals surface area contributed by atoms with Gasteiger partial charge >= 0.3 is 0 Å². The molecule has 6 heteroatoms. The van der Waals surface area contributed by atoms with Crippen LogP contribution >= 0.6 is 22.9 Å². The third kappa shape index (κ3) is 3.40. The number of hydrogen-bond acceptors (Lipinski definition) is 4. The normalized spacial score (nSPS) is 17.1. The van der Waals surface area contributed by atoms with Crippen LogP contribution in [0.3, 0.4) is 0 Å². The van der Waals surface area contributed by atoms with Crippen molar-refractivity contribution in [2.24, 2.45) is 0 Å². The number of rotatable bonds is 4. The van der Waals surface area contributed by atoms with Gasteiger partial charge in [0.05, 0.1) is 22.4 Å². The van der Waals surface area contributed by atoms with Crippen molar-refractivity contribution in [3.63, 3.8) is 0 Å². The monoisotopic (exact) mass is 372 g/mol. The molecule has 3 aromatic rings. The van der Waals surface area contributed by atoms with E-state index in [-0.39, 0.29) is 12.0 Å². The van der Waals surface area contributed by atoms with Gasteiger partial charge in [0.15, 0.2) is 5.13 Å². The summed E-state index contributed by atoms with van der Waals surface area (Å²) in [6.45, 7) is 1.26. The highest BCUT2D eigenvalue weighted by atomic mass is 35.5. The van der Waals surface area contributed by atoms with Crippen molar-refractivity contribution < 1.29 is 9.53 Å². The largest absolute Gasteiger partial charge is 0.376 e. The van der Waals surface area contributed by atoms with Crippen LogP contribution in [-0.4, -0.2) is 30.1 Å². The number of amides is 1. The van der Waals surface area contributed by atoms with Gasteiger partial charge in [-0.05, 0) is 37.1 Å². The molecule has 0 bridgehead atoms. The maximum Gasteiger partial charge on any atom is 0.260 e. The third-order valence-electron chi connectivity index (χ3n) is 4.27. The van der Waals surface area contributed by atoms with Crippen LogP contribution in [-0.2, 0) is 4.74 Å². The molecule has 1 aliphatic rings. The van der Waals surface area contributed by atoms with Gasteiger partial charge in [0.2, 0.25) is 0 Å². The third-order valence-corrected chi connectivity index (χ3v) is 5.61. The molecule has 0 radical (unpaired) electrons. The number of carbonyl (C=O) groups is 1. The molecule has 1 atom stereocenters. The summed E-state index contributed by atoms with van der Waals surface area (Å²) in [5.74, 6) is -0.0636. The zero-order chi connectivity index (χ0) is 17.2. The number of benzene rings is 2. The van der Waals surface area contributed by atoms with Crippen molar-refractivity contribution in [2.45, 2.75) is 18.9 Å². The fourth-order valence-corrected chi connectivity index (χ4v) is 4.27. The lowest BCUT2D eigenvalue weighted by atomic mass is 10.2. The lowest BCUT2D eigenvalue weighted by Crippen LogP contribution is -2.37. The van der Waals surface area contributed by atoms with Crippen LogP contribution in [0.1, 0.15) is 23.2 Å². The smallest absolute Gasteiger partial charge is 0.260 e. The van der Waals surface area contributed by atoms with E-state index in [1.54, 1.807) is 4.90 Å². The number of aromatic nitrogens is 1. The molecular weight excluding hydrogens is 356 g/mol. The second-order valence-corrected chi connectivity index (χ2v) is 7.42. The van der Waals surface area contributed by atoms with Crippen LogP contribution in [0.4, 0.5) is 5.13 Å². The Bertz CT molecular complexity index is 891. The Labute approximate surface area is 155 Å². The maximum absolute atomic E-state index is 13.1. The zero-order valence-electron chi connectivity index (χ0n) is 13.5. The summed E-state index contributed by atoms with van der Waals surface area (Å²) in [5.41, 5.74) is 1.38. The number of fused-ring (bicyclic) bond motifs is 1. The first kappa shape index (κ1) is 16.5. The Hall–Kier alpha value is -1.95. The van der Waals surface area contributed by atoms with E-state index in [0.29, 0.717) is 22.3 Å². The number of nitrogens with zero attached hydrogens (tertiary/aromatic N) is 2. The van der Waals surface area contributed by atoms with Gasteiger partial charge in [-0.15, -0.1) is 0 Å². The van der Waals surface area contributed by atoms with Crippen molar-refractivity contribution in [3.8, 4) is 0 Å². The highest BCUT2D eigenvalue weighted by molar-refractivity contribution is 7.22. The minimum Gasteiger partial charge on any atom is -0.376 e. The topological polar surface area (TPSA) is 42.4 Å². The Morgan fingerprint density at radius 2 is 2.08 bits per heavy atom. The first-order chi connectivity index (χ1) is 12.2. The van der Waals surface area contributed by atoms with Crippen molar-refractivity contribution in [2.75, 3.05) is 18.1 Å². The summed E-state index contributed by atoms with van der Waals surface area (Å²) >= 11 is 7.74. The molecule has 1 amide bonds. The Morgan fingerprint density at radius 3 is 2.80 bits per heavy atom. The molecule has 4 nitrogen and oxygen atoms in total. The molecule has 1 saturated heterocycles. The number of anilines is 1. The first-order valence-electron chi connectivity index (χ1n) is 8.26. The van der Waals surface area contributed by atoms with Crippen LogP contribution in [0.5, 0.6) is 0 Å². The summed E-state index contributed by atoms with van der Waals surface area (Å²) in [6, 6.07) is 15.0. The van der Waals surface area contributed by atoms with E-state index in [0.717, 1.165) is 29.7 Å². The molecule has 1 unspecified atom stereocenters. The molecule has 25 heavy (non-hydrogen) atoms. The van der Waals surface area contributed by atoms with Gasteiger partial charge < -0.3 is 4.74 Å². The molecule has 2 aromatic carbocycles. The predicted molar refractivity (Wildman–Crippen MR) is 102 cm³/mol. The van der Waals surface area contributed by atoms with E-state index in [9.17, 15) is 4.79 Å². The van der Waals surface area contributed by atoms with Crippen LogP contribution in [0.2, 0.25) is 5.02 Å². The van der Waals surface area contributed by atoms with Crippen LogP contribution in [0.25, 0.3) is 10.2 Å². The van der Waals surface area contributed by atoms with Crippen LogP contribution < -0.4 is 4.90 Å². The molecule has 1 aromatic heterocycles. The minimum absolute atomic E-state index is 0.0511. The van der Waals surface area contributed by atoms with Gasteiger partial charge in [0.25, 0.3) is 5.91 Å². The van der Waals surface area contributed by atoms with E-state index in [2.05, 4.69) is 4.98 Å². The van der Waals surface area contributed by atoms with E-state index in [4.69, 9.17) is 16.3 Å². The molecular formula is C19H17ClN2O2S. The Morgan fingerprint density at radius 1 is 1.24 bits per heavy atom. The van der Waals surface area contributed by atoms with Gasteiger partial charge in [-0.3, -0.25) is 9.69 Å². The molecule has 1 fully saturated rings. The van der Waals surface area contributed by atoms with E-state index >= 15 is 0 Å². The molecule has 0 N–H and O–H groups in total. The standard InChI is InChI=1S/C19H17ClN2O2S/c20-15-9-4-10-16-17(15)21-19(25-16)22(12-14-8-5-11-24-14)18(23)13-6-2-1-3-7-13/h1-4,6-7,9-10,14H,5,8,11-12H2. The maximum atomic E-state index is 13.1. The lowest BCUT2D eigenvalue weighted by Gasteiger charge is -2.23. The minimum atomic E-state index is -0.0636. The molecule has 4 rings (SSSR count). The van der Waals surface area contributed by atoms with E-state index < -0.39 is 0 Å². The molecule has 0 aliphatic carbocycles. The molecule has 0 spiro atoms. The number of para-hydroxylation sites is 1. The van der Waals surface area contributed by atoms with Crippen molar-refractivity contribution >= 4 is 44.2 Å². The summed E-state index contributed by atoms with van der Waals surface area (Å²) in [7, 11) is 0. The second-order valence-electron chi connectivity index (χ2n) is 6.00. The van der Waals surface area contributed by atoms with Gasteiger partial charge in [0, 0.05) is 12.2 Å².